The molecule has 0 aliphatic heterocycles. The number of benzene rings is 1. The molecule has 0 saturated heterocycles. The Kier molecular flexibility index (Phi) is 3.38. The predicted molar refractivity (Wildman–Crippen MR) is 66.1 cm³/mol. The van der Waals surface area contributed by atoms with Crippen molar-refractivity contribution in [3.05, 3.63) is 46.0 Å². The lowest BCUT2D eigenvalue weighted by Crippen LogP contribution is -2.02. The summed E-state index contributed by atoms with van der Waals surface area (Å²) >= 11 is 0. The minimum absolute atomic E-state index is 0.0976. The highest BCUT2D eigenvalue weighted by Crippen LogP contribution is 2.26. The van der Waals surface area contributed by atoms with Crippen LogP contribution in [0.4, 0.5) is 5.69 Å². The molecule has 6 heteroatoms. The van der Waals surface area contributed by atoms with Gasteiger partial charge >= 0.3 is 0 Å². The van der Waals surface area contributed by atoms with Gasteiger partial charge in [0, 0.05) is 30.2 Å². The number of nitro benzene ring substituents is 1. The molecule has 1 aromatic carbocycles. The first-order chi connectivity index (χ1) is 8.61. The number of nitrogens with zero attached hydrogens (tertiary/aromatic N) is 2. The summed E-state index contributed by atoms with van der Waals surface area (Å²) in [6, 6.07) is 4.83. The van der Waals surface area contributed by atoms with Crippen LogP contribution in [0.2, 0.25) is 0 Å². The molecule has 2 aromatic rings. The Hall–Kier alpha value is -2.21. The average molecular weight is 247 g/mol. The van der Waals surface area contributed by atoms with Crippen molar-refractivity contribution in [2.45, 2.75) is 13.3 Å². The molecule has 0 aliphatic carbocycles. The van der Waals surface area contributed by atoms with Crippen LogP contribution in [-0.4, -0.2) is 16.5 Å². The van der Waals surface area contributed by atoms with E-state index in [1.165, 1.54) is 6.07 Å². The van der Waals surface area contributed by atoms with Crippen molar-refractivity contribution in [2.24, 2.45) is 5.73 Å². The highest BCUT2D eigenvalue weighted by molar-refractivity contribution is 5.61. The summed E-state index contributed by atoms with van der Waals surface area (Å²) in [5, 5.41) is 10.7. The van der Waals surface area contributed by atoms with Crippen molar-refractivity contribution in [3.63, 3.8) is 0 Å². The van der Waals surface area contributed by atoms with Crippen LogP contribution in [0.25, 0.3) is 11.3 Å². The maximum absolute atomic E-state index is 10.7. The third-order valence-corrected chi connectivity index (χ3v) is 2.59. The third kappa shape index (κ3) is 2.38. The Balaban J connectivity index is 2.33. The number of nitro groups is 1. The summed E-state index contributed by atoms with van der Waals surface area (Å²) in [6.07, 6.45) is 2.18. The SMILES string of the molecule is Cc1cc(-c2cnc(CCN)o2)ccc1[N+](=O)[O-]. The van der Waals surface area contributed by atoms with Crippen molar-refractivity contribution < 1.29 is 9.34 Å². The Morgan fingerprint density at radius 1 is 1.50 bits per heavy atom. The van der Waals surface area contributed by atoms with Crippen molar-refractivity contribution in [1.29, 1.82) is 0 Å². The molecule has 1 heterocycles. The largest absolute Gasteiger partial charge is 0.441 e. The summed E-state index contributed by atoms with van der Waals surface area (Å²) in [5.74, 6) is 1.17. The monoisotopic (exact) mass is 247 g/mol. The van der Waals surface area contributed by atoms with E-state index in [1.54, 1.807) is 25.3 Å². The van der Waals surface area contributed by atoms with Crippen LogP contribution in [-0.2, 0) is 6.42 Å². The van der Waals surface area contributed by atoms with Gasteiger partial charge in [-0.05, 0) is 19.1 Å². The minimum atomic E-state index is -0.403. The predicted octanol–water partition coefficient (Wildman–Crippen LogP) is 2.06. The minimum Gasteiger partial charge on any atom is -0.441 e. The molecular weight excluding hydrogens is 234 g/mol. The van der Waals surface area contributed by atoms with Crippen molar-refractivity contribution in [1.82, 2.24) is 4.98 Å². The van der Waals surface area contributed by atoms with E-state index in [0.29, 0.717) is 30.2 Å². The van der Waals surface area contributed by atoms with Gasteiger partial charge in [0.05, 0.1) is 11.1 Å². The lowest BCUT2D eigenvalue weighted by molar-refractivity contribution is -0.385. The quantitative estimate of drug-likeness (QED) is 0.659. The van der Waals surface area contributed by atoms with Crippen LogP contribution >= 0.6 is 0 Å². The van der Waals surface area contributed by atoms with E-state index < -0.39 is 4.92 Å². The van der Waals surface area contributed by atoms with Crippen LogP contribution in [0.15, 0.2) is 28.8 Å². The molecule has 18 heavy (non-hydrogen) atoms. The lowest BCUT2D eigenvalue weighted by atomic mass is 10.1. The molecule has 2 rings (SSSR count). The van der Waals surface area contributed by atoms with Gasteiger partial charge in [-0.1, -0.05) is 0 Å². The molecule has 0 amide bonds. The van der Waals surface area contributed by atoms with E-state index in [4.69, 9.17) is 10.2 Å². The second-order valence-corrected chi connectivity index (χ2v) is 3.92. The first-order valence-electron chi connectivity index (χ1n) is 5.52. The van der Waals surface area contributed by atoms with Crippen LogP contribution in [0.5, 0.6) is 0 Å². The zero-order valence-corrected chi connectivity index (χ0v) is 9.92. The van der Waals surface area contributed by atoms with Crippen molar-refractivity contribution in [3.8, 4) is 11.3 Å². The van der Waals surface area contributed by atoms with Crippen LogP contribution in [0.3, 0.4) is 0 Å². The molecule has 0 atom stereocenters. The number of aryl methyl sites for hydroxylation is 1. The zero-order valence-electron chi connectivity index (χ0n) is 9.92. The van der Waals surface area contributed by atoms with Crippen molar-refractivity contribution >= 4 is 5.69 Å². The van der Waals surface area contributed by atoms with Gasteiger partial charge in [0.15, 0.2) is 11.7 Å². The van der Waals surface area contributed by atoms with Gasteiger partial charge in [-0.15, -0.1) is 0 Å². The third-order valence-electron chi connectivity index (χ3n) is 2.59. The molecule has 0 bridgehead atoms. The Morgan fingerprint density at radius 3 is 2.89 bits per heavy atom. The van der Waals surface area contributed by atoms with Crippen molar-refractivity contribution in [2.75, 3.05) is 6.54 Å². The lowest BCUT2D eigenvalue weighted by Gasteiger charge is -2.00. The topological polar surface area (TPSA) is 95.2 Å². The summed E-state index contributed by atoms with van der Waals surface area (Å²) in [6.45, 7) is 2.16. The summed E-state index contributed by atoms with van der Waals surface area (Å²) in [5.41, 5.74) is 6.87. The molecule has 2 N–H and O–H groups in total. The molecule has 6 nitrogen and oxygen atoms in total. The fourth-order valence-electron chi connectivity index (χ4n) is 1.70. The highest BCUT2D eigenvalue weighted by atomic mass is 16.6. The Bertz CT molecular complexity index is 578. The van der Waals surface area contributed by atoms with Gasteiger partial charge in [0.2, 0.25) is 0 Å². The first-order valence-corrected chi connectivity index (χ1v) is 5.52. The second-order valence-electron chi connectivity index (χ2n) is 3.92. The number of rotatable bonds is 4. The van der Waals surface area contributed by atoms with E-state index in [9.17, 15) is 10.1 Å². The number of hydrogen-bond donors (Lipinski definition) is 1. The van der Waals surface area contributed by atoms with Gasteiger partial charge in [0.1, 0.15) is 0 Å². The first kappa shape index (κ1) is 12.3. The summed E-state index contributed by atoms with van der Waals surface area (Å²) < 4.78 is 5.50. The Morgan fingerprint density at radius 2 is 2.28 bits per heavy atom. The highest BCUT2D eigenvalue weighted by Gasteiger charge is 2.13. The van der Waals surface area contributed by atoms with E-state index in [2.05, 4.69) is 4.98 Å². The number of nitrogens with two attached hydrogens (primary N) is 1. The average Bonchev–Trinajstić information content (AvgIpc) is 2.77. The normalized spacial score (nSPS) is 10.6. The molecular formula is C12H13N3O3. The van der Waals surface area contributed by atoms with Gasteiger partial charge in [-0.25, -0.2) is 4.98 Å². The van der Waals surface area contributed by atoms with E-state index in [0.717, 1.165) is 5.56 Å². The molecule has 0 fully saturated rings. The van der Waals surface area contributed by atoms with Gasteiger partial charge < -0.3 is 10.2 Å². The Labute approximate surface area is 104 Å². The molecule has 0 saturated carbocycles. The molecule has 0 unspecified atom stereocenters. The summed E-state index contributed by atoms with van der Waals surface area (Å²) in [4.78, 5) is 14.4. The molecule has 1 aromatic heterocycles. The number of oxazole rings is 1. The molecule has 94 valence electrons. The van der Waals surface area contributed by atoms with E-state index in [-0.39, 0.29) is 5.69 Å². The van der Waals surface area contributed by atoms with Crippen LogP contribution in [0, 0.1) is 17.0 Å². The number of hydrogen-bond acceptors (Lipinski definition) is 5. The van der Waals surface area contributed by atoms with Crippen LogP contribution in [0.1, 0.15) is 11.5 Å². The van der Waals surface area contributed by atoms with E-state index >= 15 is 0 Å². The summed E-state index contributed by atoms with van der Waals surface area (Å²) in [7, 11) is 0. The van der Waals surface area contributed by atoms with E-state index in [1.807, 2.05) is 0 Å². The van der Waals surface area contributed by atoms with Gasteiger partial charge in [0.25, 0.3) is 5.69 Å². The maximum atomic E-state index is 10.7. The maximum Gasteiger partial charge on any atom is 0.272 e. The molecule has 0 aliphatic rings. The van der Waals surface area contributed by atoms with Crippen LogP contribution < -0.4 is 5.73 Å². The number of aromatic nitrogens is 1. The molecule has 0 spiro atoms. The fourth-order valence-corrected chi connectivity index (χ4v) is 1.70. The zero-order chi connectivity index (χ0) is 13.1. The van der Waals surface area contributed by atoms with Gasteiger partial charge in [-0.3, -0.25) is 10.1 Å². The smallest absolute Gasteiger partial charge is 0.272 e. The van der Waals surface area contributed by atoms with Gasteiger partial charge in [-0.2, -0.15) is 0 Å². The fraction of sp³-hybridized carbons (Fsp3) is 0.250. The standard InChI is InChI=1S/C12H13N3O3/c1-8-6-9(2-3-10(8)15(16)17)11-7-14-12(18-11)4-5-13/h2-3,6-7H,4-5,13H2,1H3. The second kappa shape index (κ2) is 4.97. The molecule has 0 radical (unpaired) electrons.